The molecule has 0 bridgehead atoms. The summed E-state index contributed by atoms with van der Waals surface area (Å²) in [5.41, 5.74) is 2.56. The van der Waals surface area contributed by atoms with Crippen LogP contribution in [0.2, 0.25) is 0 Å². The normalized spacial score (nSPS) is 15.5. The van der Waals surface area contributed by atoms with Crippen LogP contribution < -0.4 is 14.8 Å². The van der Waals surface area contributed by atoms with Crippen LogP contribution in [0.5, 0.6) is 11.5 Å². The van der Waals surface area contributed by atoms with Crippen molar-refractivity contribution < 1.29 is 18.7 Å². The minimum absolute atomic E-state index is 0.0360. The zero-order chi connectivity index (χ0) is 18.6. The molecule has 2 heterocycles. The first-order valence-electron chi connectivity index (χ1n) is 8.83. The van der Waals surface area contributed by atoms with E-state index in [0.29, 0.717) is 30.2 Å². The molecule has 0 spiro atoms. The van der Waals surface area contributed by atoms with Crippen molar-refractivity contribution >= 4 is 11.6 Å². The first-order chi connectivity index (χ1) is 13.2. The van der Waals surface area contributed by atoms with Gasteiger partial charge < -0.3 is 19.2 Å². The van der Waals surface area contributed by atoms with Crippen molar-refractivity contribution in [2.24, 2.45) is 0 Å². The Morgan fingerprint density at radius 2 is 2.19 bits per heavy atom. The second-order valence-electron chi connectivity index (χ2n) is 6.40. The first kappa shape index (κ1) is 17.1. The summed E-state index contributed by atoms with van der Waals surface area (Å²) < 4.78 is 16.4. The van der Waals surface area contributed by atoms with Crippen LogP contribution in [0.4, 0.5) is 5.69 Å². The lowest BCUT2D eigenvalue weighted by atomic mass is 9.90. The third-order valence-corrected chi connectivity index (χ3v) is 4.70. The number of oxazole rings is 1. The number of nitrogens with zero attached hydrogens (tertiary/aromatic N) is 1. The highest BCUT2D eigenvalue weighted by Gasteiger charge is 2.23. The van der Waals surface area contributed by atoms with Gasteiger partial charge in [-0.2, -0.15) is 0 Å². The van der Waals surface area contributed by atoms with Crippen LogP contribution in [-0.2, 0) is 4.79 Å². The van der Waals surface area contributed by atoms with E-state index in [0.717, 1.165) is 23.3 Å². The molecule has 1 unspecified atom stereocenters. The summed E-state index contributed by atoms with van der Waals surface area (Å²) in [5, 5.41) is 2.96. The van der Waals surface area contributed by atoms with Gasteiger partial charge in [-0.05, 0) is 36.1 Å². The quantitative estimate of drug-likeness (QED) is 0.733. The number of hydrogen-bond donors (Lipinski definition) is 1. The molecule has 1 amide bonds. The predicted octanol–water partition coefficient (Wildman–Crippen LogP) is 4.25. The van der Waals surface area contributed by atoms with E-state index in [1.54, 1.807) is 19.4 Å². The van der Waals surface area contributed by atoms with Gasteiger partial charge in [0.05, 0.1) is 25.5 Å². The Bertz CT molecular complexity index is 937. The van der Waals surface area contributed by atoms with Crippen molar-refractivity contribution in [3.8, 4) is 22.8 Å². The number of amides is 1. The molecule has 0 radical (unpaired) electrons. The van der Waals surface area contributed by atoms with E-state index >= 15 is 0 Å². The maximum atomic E-state index is 12.6. The number of rotatable bonds is 5. The van der Waals surface area contributed by atoms with Gasteiger partial charge in [-0.1, -0.05) is 18.2 Å². The smallest absolute Gasteiger partial charge is 0.224 e. The monoisotopic (exact) mass is 364 g/mol. The highest BCUT2D eigenvalue weighted by molar-refractivity contribution is 5.92. The maximum absolute atomic E-state index is 12.6. The predicted molar refractivity (Wildman–Crippen MR) is 101 cm³/mol. The molecule has 1 aliphatic heterocycles. The van der Waals surface area contributed by atoms with Crippen LogP contribution >= 0.6 is 0 Å². The number of hydrogen-bond acceptors (Lipinski definition) is 5. The second-order valence-corrected chi connectivity index (χ2v) is 6.40. The molecule has 6 nitrogen and oxygen atoms in total. The van der Waals surface area contributed by atoms with E-state index in [1.165, 1.54) is 6.39 Å². The van der Waals surface area contributed by atoms with Gasteiger partial charge in [-0.15, -0.1) is 0 Å². The zero-order valence-corrected chi connectivity index (χ0v) is 15.0. The molecule has 0 fully saturated rings. The minimum Gasteiger partial charge on any atom is -0.496 e. The van der Waals surface area contributed by atoms with Crippen LogP contribution in [-0.4, -0.2) is 24.6 Å². The highest BCUT2D eigenvalue weighted by Crippen LogP contribution is 2.36. The van der Waals surface area contributed by atoms with Crippen molar-refractivity contribution in [3.63, 3.8) is 0 Å². The average Bonchev–Trinajstić information content (AvgIpc) is 3.22. The van der Waals surface area contributed by atoms with Gasteiger partial charge in [0.25, 0.3) is 0 Å². The number of carbonyl (C=O) groups is 1. The number of aromatic nitrogens is 1. The van der Waals surface area contributed by atoms with E-state index in [4.69, 9.17) is 13.9 Å². The largest absolute Gasteiger partial charge is 0.496 e. The Morgan fingerprint density at radius 3 is 3.00 bits per heavy atom. The number of para-hydroxylation sites is 1. The minimum atomic E-state index is -0.0360. The Labute approximate surface area is 157 Å². The van der Waals surface area contributed by atoms with Crippen molar-refractivity contribution in [2.75, 3.05) is 19.0 Å². The van der Waals surface area contributed by atoms with E-state index in [1.807, 2.05) is 36.4 Å². The molecule has 1 N–H and O–H groups in total. The maximum Gasteiger partial charge on any atom is 0.224 e. The van der Waals surface area contributed by atoms with E-state index < -0.39 is 0 Å². The van der Waals surface area contributed by atoms with E-state index in [2.05, 4.69) is 10.3 Å². The Morgan fingerprint density at radius 1 is 1.30 bits per heavy atom. The lowest BCUT2D eigenvalue weighted by molar-refractivity contribution is -0.116. The fourth-order valence-electron chi connectivity index (χ4n) is 3.39. The van der Waals surface area contributed by atoms with Gasteiger partial charge in [0.1, 0.15) is 11.5 Å². The van der Waals surface area contributed by atoms with Crippen LogP contribution in [0.15, 0.2) is 59.5 Å². The molecule has 1 aromatic heterocycles. The van der Waals surface area contributed by atoms with E-state index in [-0.39, 0.29) is 11.8 Å². The number of anilines is 1. The molecular weight excluding hydrogens is 344 g/mol. The van der Waals surface area contributed by atoms with Crippen LogP contribution in [0, 0.1) is 0 Å². The summed E-state index contributed by atoms with van der Waals surface area (Å²) in [4.78, 5) is 16.5. The number of ether oxygens (including phenoxy) is 2. The third-order valence-electron chi connectivity index (χ3n) is 4.70. The Hall–Kier alpha value is -3.28. The van der Waals surface area contributed by atoms with Crippen molar-refractivity contribution in [1.29, 1.82) is 0 Å². The summed E-state index contributed by atoms with van der Waals surface area (Å²) in [6, 6.07) is 13.4. The van der Waals surface area contributed by atoms with Crippen LogP contribution in [0.3, 0.4) is 0 Å². The standard InChI is InChI=1S/C21H20N2O4/c1-25-19-11-15(6-7-17(19)20-12-22-13-27-20)23-21(24)10-14-8-9-26-18-5-3-2-4-16(14)18/h2-7,11-14H,8-10H2,1H3,(H,23,24). The molecule has 2 aromatic carbocycles. The Kier molecular flexibility index (Phi) is 4.78. The van der Waals surface area contributed by atoms with Gasteiger partial charge >= 0.3 is 0 Å². The average molecular weight is 364 g/mol. The lowest BCUT2D eigenvalue weighted by Crippen LogP contribution is -2.20. The molecule has 6 heteroatoms. The first-order valence-corrected chi connectivity index (χ1v) is 8.83. The zero-order valence-electron chi connectivity index (χ0n) is 15.0. The fourth-order valence-corrected chi connectivity index (χ4v) is 3.39. The number of benzene rings is 2. The lowest BCUT2D eigenvalue weighted by Gasteiger charge is -2.25. The number of nitrogens with one attached hydrogen (secondary N) is 1. The second kappa shape index (κ2) is 7.53. The fraction of sp³-hybridized carbons (Fsp3) is 0.238. The van der Waals surface area contributed by atoms with Crippen molar-refractivity contribution in [3.05, 3.63) is 60.6 Å². The molecule has 0 saturated carbocycles. The molecule has 1 atom stereocenters. The summed E-state index contributed by atoms with van der Waals surface area (Å²) in [6.45, 7) is 0.634. The third kappa shape index (κ3) is 3.65. The van der Waals surface area contributed by atoms with Crippen LogP contribution in [0.25, 0.3) is 11.3 Å². The molecule has 27 heavy (non-hydrogen) atoms. The van der Waals surface area contributed by atoms with E-state index in [9.17, 15) is 4.79 Å². The van der Waals surface area contributed by atoms with Crippen LogP contribution in [0.1, 0.15) is 24.3 Å². The highest BCUT2D eigenvalue weighted by atomic mass is 16.5. The number of methoxy groups -OCH3 is 1. The van der Waals surface area contributed by atoms with Crippen molar-refractivity contribution in [2.45, 2.75) is 18.8 Å². The van der Waals surface area contributed by atoms with Gasteiger partial charge in [-0.25, -0.2) is 4.98 Å². The Balaban J connectivity index is 1.47. The topological polar surface area (TPSA) is 73.6 Å². The van der Waals surface area contributed by atoms with Crippen molar-refractivity contribution in [1.82, 2.24) is 4.98 Å². The summed E-state index contributed by atoms with van der Waals surface area (Å²) in [6.07, 6.45) is 4.24. The van der Waals surface area contributed by atoms with Gasteiger partial charge in [0, 0.05) is 18.2 Å². The van der Waals surface area contributed by atoms with Gasteiger partial charge in [-0.3, -0.25) is 4.79 Å². The molecule has 3 aromatic rings. The molecule has 0 aliphatic carbocycles. The summed E-state index contributed by atoms with van der Waals surface area (Å²) in [7, 11) is 1.58. The van der Waals surface area contributed by atoms with Gasteiger partial charge in [0.2, 0.25) is 5.91 Å². The molecule has 138 valence electrons. The molecule has 4 rings (SSSR count). The SMILES string of the molecule is COc1cc(NC(=O)CC2CCOc3ccccc32)ccc1-c1cnco1. The molecular formula is C21H20N2O4. The number of carbonyl (C=O) groups excluding carboxylic acids is 1. The molecule has 0 saturated heterocycles. The summed E-state index contributed by atoms with van der Waals surface area (Å²) in [5.74, 6) is 2.22. The number of fused-ring (bicyclic) bond motifs is 1. The summed E-state index contributed by atoms with van der Waals surface area (Å²) >= 11 is 0. The van der Waals surface area contributed by atoms with Gasteiger partial charge in [0.15, 0.2) is 12.2 Å². The molecule has 1 aliphatic rings.